The third-order valence-electron chi connectivity index (χ3n) is 5.21. The van der Waals surface area contributed by atoms with Gasteiger partial charge >= 0.3 is 12.2 Å². The Labute approximate surface area is 156 Å². The van der Waals surface area contributed by atoms with Crippen LogP contribution >= 0.6 is 0 Å². The molecule has 0 aromatic carbocycles. The van der Waals surface area contributed by atoms with Crippen molar-refractivity contribution in [1.82, 2.24) is 9.80 Å². The molecule has 0 radical (unpaired) electrons. The molecule has 146 valence electrons. The van der Waals surface area contributed by atoms with Gasteiger partial charge in [-0.2, -0.15) is 0 Å². The lowest BCUT2D eigenvalue weighted by molar-refractivity contribution is 0.0271. The molecule has 1 saturated heterocycles. The average molecular weight is 364 g/mol. The molecule has 6 nitrogen and oxygen atoms in total. The summed E-state index contributed by atoms with van der Waals surface area (Å²) in [6, 6.07) is 0. The smallest absolute Gasteiger partial charge is 0.410 e. The maximum atomic E-state index is 12.4. The summed E-state index contributed by atoms with van der Waals surface area (Å²) < 4.78 is 11.1. The number of ether oxygens (including phenoxy) is 2. The van der Waals surface area contributed by atoms with Crippen molar-refractivity contribution in [2.24, 2.45) is 11.8 Å². The van der Waals surface area contributed by atoms with Crippen molar-refractivity contribution in [2.75, 3.05) is 26.2 Å². The largest absolute Gasteiger partial charge is 0.444 e. The molecule has 0 aromatic heterocycles. The molecular formula is C20H32N2O4. The van der Waals surface area contributed by atoms with E-state index in [0.29, 0.717) is 31.5 Å². The number of rotatable bonds is 0. The third-order valence-corrected chi connectivity index (χ3v) is 5.21. The summed E-state index contributed by atoms with van der Waals surface area (Å²) in [5.74, 6) is 0.818. The Balaban J connectivity index is 1.64. The van der Waals surface area contributed by atoms with Crippen molar-refractivity contribution in [3.63, 3.8) is 0 Å². The third kappa shape index (κ3) is 4.15. The molecular weight excluding hydrogens is 332 g/mol. The Bertz CT molecular complexity index is 627. The number of likely N-dealkylation sites (tertiary alicyclic amines) is 1. The van der Waals surface area contributed by atoms with Crippen LogP contribution in [-0.2, 0) is 9.47 Å². The van der Waals surface area contributed by atoms with E-state index >= 15 is 0 Å². The van der Waals surface area contributed by atoms with E-state index in [0.717, 1.165) is 19.4 Å². The molecule has 26 heavy (non-hydrogen) atoms. The van der Waals surface area contributed by atoms with Crippen molar-refractivity contribution in [3.8, 4) is 0 Å². The fourth-order valence-corrected chi connectivity index (χ4v) is 4.17. The SMILES string of the molecule is CC(C)(C)OC(=O)N1CC2=C(C1)[C@H]1CN(C(=O)OC(C)(C)C)C[C@H]1CC2. The van der Waals surface area contributed by atoms with Gasteiger partial charge in [0.05, 0.1) is 0 Å². The predicted octanol–water partition coefficient (Wildman–Crippen LogP) is 3.81. The highest BCUT2D eigenvalue weighted by Gasteiger charge is 2.44. The summed E-state index contributed by atoms with van der Waals surface area (Å²) in [5.41, 5.74) is 1.75. The molecule has 2 aliphatic heterocycles. The van der Waals surface area contributed by atoms with Crippen LogP contribution in [0.3, 0.4) is 0 Å². The molecule has 0 bridgehead atoms. The summed E-state index contributed by atoms with van der Waals surface area (Å²) >= 11 is 0. The Kier molecular flexibility index (Phi) is 4.74. The molecule has 0 spiro atoms. The first-order valence-corrected chi connectivity index (χ1v) is 9.59. The van der Waals surface area contributed by atoms with E-state index in [1.165, 1.54) is 11.1 Å². The minimum absolute atomic E-state index is 0.226. The van der Waals surface area contributed by atoms with Gasteiger partial charge < -0.3 is 19.3 Å². The van der Waals surface area contributed by atoms with E-state index < -0.39 is 11.2 Å². The van der Waals surface area contributed by atoms with Gasteiger partial charge in [-0.05, 0) is 71.4 Å². The molecule has 3 rings (SSSR count). The zero-order valence-corrected chi connectivity index (χ0v) is 16.9. The minimum Gasteiger partial charge on any atom is -0.444 e. The number of carbonyl (C=O) groups is 2. The van der Waals surface area contributed by atoms with Gasteiger partial charge in [0.25, 0.3) is 0 Å². The van der Waals surface area contributed by atoms with Crippen molar-refractivity contribution >= 4 is 12.2 Å². The normalized spacial score (nSPS) is 25.9. The lowest BCUT2D eigenvalue weighted by atomic mass is 9.78. The predicted molar refractivity (Wildman–Crippen MR) is 98.9 cm³/mol. The highest BCUT2D eigenvalue weighted by atomic mass is 16.6. The summed E-state index contributed by atoms with van der Waals surface area (Å²) in [4.78, 5) is 28.5. The zero-order chi connectivity index (χ0) is 19.3. The first-order valence-electron chi connectivity index (χ1n) is 9.59. The van der Waals surface area contributed by atoms with E-state index in [-0.39, 0.29) is 12.2 Å². The Morgan fingerprint density at radius 1 is 0.885 bits per heavy atom. The first kappa shape index (κ1) is 19.1. The van der Waals surface area contributed by atoms with Crippen LogP contribution in [0.15, 0.2) is 11.1 Å². The molecule has 2 amide bonds. The van der Waals surface area contributed by atoms with E-state index in [4.69, 9.17) is 9.47 Å². The summed E-state index contributed by atoms with van der Waals surface area (Å²) in [7, 11) is 0. The second kappa shape index (κ2) is 6.46. The van der Waals surface area contributed by atoms with Crippen LogP contribution < -0.4 is 0 Å². The van der Waals surface area contributed by atoms with Crippen molar-refractivity contribution in [1.29, 1.82) is 0 Å². The molecule has 2 heterocycles. The first-order chi connectivity index (χ1) is 11.9. The summed E-state index contributed by atoms with van der Waals surface area (Å²) in [6.45, 7) is 14.1. The second-order valence-corrected chi connectivity index (χ2v) is 9.76. The van der Waals surface area contributed by atoms with Crippen LogP contribution in [0.5, 0.6) is 0 Å². The van der Waals surface area contributed by atoms with Crippen molar-refractivity contribution in [2.45, 2.75) is 65.6 Å². The number of hydrogen-bond acceptors (Lipinski definition) is 4. The quantitative estimate of drug-likeness (QED) is 0.613. The van der Waals surface area contributed by atoms with Gasteiger partial charge in [0.1, 0.15) is 11.2 Å². The summed E-state index contributed by atoms with van der Waals surface area (Å²) in [5, 5.41) is 0. The van der Waals surface area contributed by atoms with Gasteiger partial charge in [-0.1, -0.05) is 0 Å². The lowest BCUT2D eigenvalue weighted by Crippen LogP contribution is -2.36. The monoisotopic (exact) mass is 364 g/mol. The standard InChI is InChI=1S/C20H32N2O4/c1-19(2,3)25-17(23)21-9-13-7-8-14-10-22(12-16(14)15(13)11-21)18(24)26-20(4,5)6/h13,15H,7-12H2,1-6H3/t13-,15+/m1/s1. The summed E-state index contributed by atoms with van der Waals surface area (Å²) in [6.07, 6.45) is 1.62. The van der Waals surface area contributed by atoms with E-state index in [1.807, 2.05) is 46.4 Å². The average Bonchev–Trinajstić information content (AvgIpc) is 3.07. The van der Waals surface area contributed by atoms with Gasteiger partial charge in [-0.3, -0.25) is 0 Å². The number of carbonyl (C=O) groups excluding carboxylic acids is 2. The minimum atomic E-state index is -0.483. The number of amides is 2. The molecule has 0 saturated carbocycles. The molecule has 0 unspecified atom stereocenters. The van der Waals surface area contributed by atoms with Crippen LogP contribution in [0.1, 0.15) is 54.4 Å². The van der Waals surface area contributed by atoms with E-state index in [2.05, 4.69) is 0 Å². The van der Waals surface area contributed by atoms with Crippen LogP contribution in [-0.4, -0.2) is 59.4 Å². The van der Waals surface area contributed by atoms with Gasteiger partial charge in [-0.15, -0.1) is 0 Å². The Morgan fingerprint density at radius 3 is 2.04 bits per heavy atom. The van der Waals surface area contributed by atoms with Crippen LogP contribution in [0, 0.1) is 11.8 Å². The van der Waals surface area contributed by atoms with E-state index in [9.17, 15) is 9.59 Å². The number of nitrogens with zero attached hydrogens (tertiary/aromatic N) is 2. The molecule has 6 heteroatoms. The van der Waals surface area contributed by atoms with Crippen LogP contribution in [0.2, 0.25) is 0 Å². The molecule has 1 aliphatic carbocycles. The maximum Gasteiger partial charge on any atom is 0.410 e. The lowest BCUT2D eigenvalue weighted by Gasteiger charge is -2.26. The molecule has 0 N–H and O–H groups in total. The Hall–Kier alpha value is -1.72. The highest BCUT2D eigenvalue weighted by molar-refractivity contribution is 5.71. The molecule has 1 fully saturated rings. The van der Waals surface area contributed by atoms with Gasteiger partial charge in [-0.25, -0.2) is 9.59 Å². The zero-order valence-electron chi connectivity index (χ0n) is 16.9. The highest BCUT2D eigenvalue weighted by Crippen LogP contribution is 2.43. The van der Waals surface area contributed by atoms with Crippen molar-refractivity contribution in [3.05, 3.63) is 11.1 Å². The molecule has 3 aliphatic rings. The molecule has 0 aromatic rings. The topological polar surface area (TPSA) is 59.1 Å². The number of fused-ring (bicyclic) bond motifs is 2. The molecule has 2 atom stereocenters. The second-order valence-electron chi connectivity index (χ2n) is 9.76. The fourth-order valence-electron chi connectivity index (χ4n) is 4.17. The van der Waals surface area contributed by atoms with Crippen LogP contribution in [0.4, 0.5) is 9.59 Å². The number of hydrogen-bond donors (Lipinski definition) is 0. The van der Waals surface area contributed by atoms with Gasteiger partial charge in [0.15, 0.2) is 0 Å². The fraction of sp³-hybridized carbons (Fsp3) is 0.800. The van der Waals surface area contributed by atoms with Gasteiger partial charge in [0, 0.05) is 32.1 Å². The van der Waals surface area contributed by atoms with E-state index in [1.54, 1.807) is 4.90 Å². The maximum absolute atomic E-state index is 12.4. The van der Waals surface area contributed by atoms with Crippen LogP contribution in [0.25, 0.3) is 0 Å². The van der Waals surface area contributed by atoms with Gasteiger partial charge in [0.2, 0.25) is 0 Å². The Morgan fingerprint density at radius 2 is 1.46 bits per heavy atom. The van der Waals surface area contributed by atoms with Crippen molar-refractivity contribution < 1.29 is 19.1 Å².